The number of aromatic amines is 1. The number of hydrogen-bond acceptors (Lipinski definition) is 7. The summed E-state index contributed by atoms with van der Waals surface area (Å²) in [6.07, 6.45) is 4.34. The largest absolute Gasteiger partial charge is 0.368 e. The van der Waals surface area contributed by atoms with Gasteiger partial charge in [-0.05, 0) is 99.1 Å². The first-order chi connectivity index (χ1) is 22.8. The van der Waals surface area contributed by atoms with Gasteiger partial charge in [-0.15, -0.1) is 0 Å². The molecule has 0 spiro atoms. The maximum atomic E-state index is 13.4. The highest BCUT2D eigenvalue weighted by Crippen LogP contribution is 2.30. The summed E-state index contributed by atoms with van der Waals surface area (Å²) in [5.41, 5.74) is 6.11. The van der Waals surface area contributed by atoms with Crippen molar-refractivity contribution in [1.29, 1.82) is 0 Å². The molecule has 2 atom stereocenters. The summed E-state index contributed by atoms with van der Waals surface area (Å²) in [6.45, 7) is 7.77. The van der Waals surface area contributed by atoms with Crippen molar-refractivity contribution in [3.8, 4) is 22.6 Å². The highest BCUT2D eigenvalue weighted by Gasteiger charge is 2.33. The molecule has 0 radical (unpaired) electrons. The summed E-state index contributed by atoms with van der Waals surface area (Å²) in [5, 5.41) is 11.3. The number of rotatable bonds is 7. The van der Waals surface area contributed by atoms with Crippen molar-refractivity contribution in [3.63, 3.8) is 0 Å². The molecule has 2 aromatic heterocycles. The predicted molar refractivity (Wildman–Crippen MR) is 180 cm³/mol. The summed E-state index contributed by atoms with van der Waals surface area (Å²) in [4.78, 5) is 41.8. The van der Waals surface area contributed by atoms with Gasteiger partial charge in [0.1, 0.15) is 5.82 Å². The predicted octanol–water partition coefficient (Wildman–Crippen LogP) is 5.13. The fourth-order valence-corrected chi connectivity index (χ4v) is 6.56. The zero-order valence-corrected chi connectivity index (χ0v) is 26.5. The maximum absolute atomic E-state index is 13.4. The lowest BCUT2D eigenvalue weighted by Gasteiger charge is -2.41. The first kappa shape index (κ1) is 30.5. The van der Waals surface area contributed by atoms with Gasteiger partial charge in [0.25, 0.3) is 0 Å². The van der Waals surface area contributed by atoms with Gasteiger partial charge in [0, 0.05) is 72.5 Å². The second-order valence-electron chi connectivity index (χ2n) is 12.6. The minimum absolute atomic E-state index is 0.0620. The Morgan fingerprint density at radius 2 is 1.68 bits per heavy atom. The molecule has 0 bridgehead atoms. The summed E-state index contributed by atoms with van der Waals surface area (Å²) in [6, 6.07) is 20.1. The number of carbonyl (C=O) groups excluding carboxylic acids is 2. The van der Waals surface area contributed by atoms with E-state index in [1.165, 1.54) is 12.1 Å². The van der Waals surface area contributed by atoms with Crippen LogP contribution >= 0.6 is 0 Å². The average molecular weight is 633 g/mol. The third-order valence-corrected chi connectivity index (χ3v) is 9.17. The zero-order chi connectivity index (χ0) is 32.5. The Morgan fingerprint density at radius 3 is 2.43 bits per heavy atom. The Hall–Kier alpha value is -5.16. The number of nitrogens with zero attached hydrogens (tertiary/aromatic N) is 6. The molecule has 4 heterocycles. The quantitative estimate of drug-likeness (QED) is 0.256. The van der Waals surface area contributed by atoms with Crippen LogP contribution in [0.4, 0.5) is 15.8 Å². The van der Waals surface area contributed by atoms with Crippen LogP contribution in [0.25, 0.3) is 33.5 Å². The van der Waals surface area contributed by atoms with Crippen molar-refractivity contribution in [2.75, 3.05) is 49.5 Å². The number of H-pyrrole nitrogens is 1. The van der Waals surface area contributed by atoms with Crippen molar-refractivity contribution >= 4 is 34.1 Å². The number of benzene rings is 3. The highest BCUT2D eigenvalue weighted by atomic mass is 19.1. The summed E-state index contributed by atoms with van der Waals surface area (Å²) < 4.78 is 13.4. The highest BCUT2D eigenvalue weighted by molar-refractivity contribution is 5.99. The minimum atomic E-state index is -0.307. The van der Waals surface area contributed by atoms with Crippen LogP contribution < -0.4 is 10.2 Å². The smallest absolute Gasteiger partial charge is 0.237 e. The van der Waals surface area contributed by atoms with E-state index in [-0.39, 0.29) is 29.6 Å². The van der Waals surface area contributed by atoms with Crippen LogP contribution in [-0.4, -0.2) is 87.1 Å². The summed E-state index contributed by atoms with van der Waals surface area (Å²) in [5.74, 6) is 0.234. The van der Waals surface area contributed by atoms with E-state index in [4.69, 9.17) is 0 Å². The lowest BCUT2D eigenvalue weighted by atomic mass is 10.1. The summed E-state index contributed by atoms with van der Waals surface area (Å²) >= 11 is 0. The standard InChI is InChI=1S/C36H37FN8O2/c1-23-18-38-35(39-19-23)26-5-10-30(11-6-26)44-15-16-45(24(2)20-44)33(46)22-43-14-13-27(21-43)36(47)40-29-9-12-32-31(17-29)34(42-41-32)25-3-7-28(37)8-4-25/h3-12,17-19,24,27H,13-16,20-22H2,1-2H3,(H,40,47)(H,41,42)/t24-,27?/m0/s1. The van der Waals surface area contributed by atoms with Crippen LogP contribution in [0.2, 0.25) is 0 Å². The van der Waals surface area contributed by atoms with E-state index in [0.717, 1.165) is 46.4 Å². The number of amides is 2. The molecule has 3 aromatic carbocycles. The topological polar surface area (TPSA) is 110 Å². The number of halogens is 1. The molecule has 2 fully saturated rings. The number of likely N-dealkylation sites (tertiary alicyclic amines) is 1. The number of hydrogen-bond donors (Lipinski definition) is 2. The Balaban J connectivity index is 0.913. The van der Waals surface area contributed by atoms with Gasteiger partial charge in [0.2, 0.25) is 11.8 Å². The molecular weight excluding hydrogens is 595 g/mol. The Labute approximate surface area is 272 Å². The molecule has 11 heteroatoms. The Bertz CT molecular complexity index is 1890. The van der Waals surface area contributed by atoms with Gasteiger partial charge in [-0.1, -0.05) is 0 Å². The van der Waals surface area contributed by atoms with Crippen LogP contribution in [0.15, 0.2) is 79.1 Å². The molecule has 1 unspecified atom stereocenters. The van der Waals surface area contributed by atoms with Crippen molar-refractivity contribution in [3.05, 3.63) is 90.5 Å². The minimum Gasteiger partial charge on any atom is -0.368 e. The molecule has 0 aliphatic carbocycles. The second-order valence-corrected chi connectivity index (χ2v) is 12.6. The van der Waals surface area contributed by atoms with E-state index < -0.39 is 0 Å². The van der Waals surface area contributed by atoms with Gasteiger partial charge in [-0.25, -0.2) is 14.4 Å². The van der Waals surface area contributed by atoms with Gasteiger partial charge in [0.15, 0.2) is 5.82 Å². The molecule has 2 saturated heterocycles. The molecule has 5 aromatic rings. The van der Waals surface area contributed by atoms with Gasteiger partial charge in [0.05, 0.1) is 23.7 Å². The van der Waals surface area contributed by atoms with E-state index in [1.54, 1.807) is 12.1 Å². The van der Waals surface area contributed by atoms with Crippen LogP contribution in [0, 0.1) is 18.7 Å². The van der Waals surface area contributed by atoms with Crippen LogP contribution in [0.3, 0.4) is 0 Å². The molecule has 240 valence electrons. The molecule has 47 heavy (non-hydrogen) atoms. The lowest BCUT2D eigenvalue weighted by Crippen LogP contribution is -2.56. The Kier molecular flexibility index (Phi) is 8.38. The van der Waals surface area contributed by atoms with E-state index in [2.05, 4.69) is 54.3 Å². The van der Waals surface area contributed by atoms with Crippen LogP contribution in [-0.2, 0) is 9.59 Å². The van der Waals surface area contributed by atoms with Crippen LogP contribution in [0.1, 0.15) is 18.9 Å². The molecule has 2 aliphatic heterocycles. The van der Waals surface area contributed by atoms with Crippen molar-refractivity contribution < 1.29 is 14.0 Å². The number of anilines is 2. The lowest BCUT2D eigenvalue weighted by molar-refractivity contribution is -0.134. The molecular formula is C36H37FN8O2. The monoisotopic (exact) mass is 632 g/mol. The van der Waals surface area contributed by atoms with Crippen molar-refractivity contribution in [2.45, 2.75) is 26.3 Å². The molecule has 2 aliphatic rings. The fourth-order valence-electron chi connectivity index (χ4n) is 6.56. The normalized spacial score (nSPS) is 18.5. The van der Waals surface area contributed by atoms with Gasteiger partial charge < -0.3 is 15.1 Å². The summed E-state index contributed by atoms with van der Waals surface area (Å²) in [7, 11) is 0. The number of aromatic nitrogens is 4. The molecule has 0 saturated carbocycles. The fraction of sp³-hybridized carbons (Fsp3) is 0.306. The van der Waals surface area contributed by atoms with Gasteiger partial charge in [-0.2, -0.15) is 5.10 Å². The zero-order valence-electron chi connectivity index (χ0n) is 26.5. The van der Waals surface area contributed by atoms with Crippen molar-refractivity contribution in [1.82, 2.24) is 30.0 Å². The molecule has 2 amide bonds. The second kappa shape index (κ2) is 12.9. The third kappa shape index (κ3) is 6.57. The van der Waals surface area contributed by atoms with Crippen molar-refractivity contribution in [2.24, 2.45) is 5.92 Å². The third-order valence-electron chi connectivity index (χ3n) is 9.17. The molecule has 7 rings (SSSR count). The van der Waals surface area contributed by atoms with Gasteiger partial charge >= 0.3 is 0 Å². The number of carbonyl (C=O) groups is 2. The first-order valence-electron chi connectivity index (χ1n) is 16.0. The SMILES string of the molecule is Cc1cnc(-c2ccc(N3CCN(C(=O)CN4CCC(C(=O)Nc5ccc6[nH]nc(-c7ccc(F)cc7)c6c5)C4)[C@@H](C)C3)cc2)nc1. The van der Waals surface area contributed by atoms with Gasteiger partial charge in [-0.3, -0.25) is 19.6 Å². The van der Waals surface area contributed by atoms with E-state index in [9.17, 15) is 14.0 Å². The Morgan fingerprint density at radius 1 is 0.936 bits per heavy atom. The maximum Gasteiger partial charge on any atom is 0.237 e. The number of aryl methyl sites for hydroxylation is 1. The number of piperazine rings is 1. The first-order valence-corrected chi connectivity index (χ1v) is 16.0. The molecule has 10 nitrogen and oxygen atoms in total. The van der Waals surface area contributed by atoms with Crippen LogP contribution in [0.5, 0.6) is 0 Å². The number of nitrogens with one attached hydrogen (secondary N) is 2. The van der Waals surface area contributed by atoms with E-state index in [1.807, 2.05) is 54.5 Å². The molecule has 2 N–H and O–H groups in total. The number of fused-ring (bicyclic) bond motifs is 1. The van der Waals surface area contributed by atoms with E-state index >= 15 is 0 Å². The average Bonchev–Trinajstić information content (AvgIpc) is 3.73. The van der Waals surface area contributed by atoms with E-state index in [0.29, 0.717) is 49.8 Å².